The van der Waals surface area contributed by atoms with Crippen LogP contribution in [0.3, 0.4) is 0 Å². The minimum atomic E-state index is -0.373. The topological polar surface area (TPSA) is 70.2 Å². The average Bonchev–Trinajstić information content (AvgIpc) is 2.42. The first-order valence-electron chi connectivity index (χ1n) is 6.44. The maximum atomic E-state index is 10.9. The Labute approximate surface area is 127 Å². The van der Waals surface area contributed by atoms with Crippen molar-refractivity contribution < 1.29 is 4.92 Å². The highest BCUT2D eigenvalue weighted by Crippen LogP contribution is 2.27. The molecule has 0 saturated heterocycles. The molecule has 0 aliphatic heterocycles. The van der Waals surface area contributed by atoms with Gasteiger partial charge in [0.2, 0.25) is 0 Å². The fourth-order valence-corrected chi connectivity index (χ4v) is 2.45. The number of halogens is 1. The van der Waals surface area contributed by atoms with Crippen molar-refractivity contribution in [2.75, 3.05) is 18.0 Å². The van der Waals surface area contributed by atoms with Crippen LogP contribution < -0.4 is 4.90 Å². The second kappa shape index (κ2) is 7.85. The van der Waals surface area contributed by atoms with Gasteiger partial charge in [-0.25, -0.2) is 0 Å². The van der Waals surface area contributed by atoms with Gasteiger partial charge >= 0.3 is 0 Å². The summed E-state index contributed by atoms with van der Waals surface area (Å²) in [6.07, 6.45) is 0.438. The highest BCUT2D eigenvalue weighted by atomic mass is 79.9. The van der Waals surface area contributed by atoms with Crippen LogP contribution in [0.4, 0.5) is 11.4 Å². The second-order valence-electron chi connectivity index (χ2n) is 4.95. The largest absolute Gasteiger partial charge is 0.370 e. The molecule has 1 rings (SSSR count). The number of benzene rings is 1. The van der Waals surface area contributed by atoms with Gasteiger partial charge in [-0.15, -0.1) is 0 Å². The van der Waals surface area contributed by atoms with E-state index in [1.165, 1.54) is 6.07 Å². The number of nitriles is 1. The predicted molar refractivity (Wildman–Crippen MR) is 83.0 cm³/mol. The molecule has 0 fully saturated rings. The van der Waals surface area contributed by atoms with Gasteiger partial charge in [0.1, 0.15) is 0 Å². The smallest absolute Gasteiger partial charge is 0.273 e. The second-order valence-corrected chi connectivity index (χ2v) is 5.51. The molecule has 0 unspecified atom stereocenters. The van der Waals surface area contributed by atoms with Gasteiger partial charge in [-0.05, 0) is 18.1 Å². The zero-order chi connectivity index (χ0) is 15.1. The van der Waals surface area contributed by atoms with E-state index in [0.29, 0.717) is 29.8 Å². The van der Waals surface area contributed by atoms with Crippen LogP contribution in [0.2, 0.25) is 0 Å². The molecule has 0 aliphatic rings. The third-order valence-electron chi connectivity index (χ3n) is 2.85. The van der Waals surface area contributed by atoms with Crippen LogP contribution in [-0.4, -0.2) is 18.0 Å². The standard InChI is InChI=1S/C14H18BrN3O2/c1-11(2)10-17(7-3-6-16)13-4-5-14(18(19)20)12(8-13)9-15/h4-5,8,11H,3,7,9-10H2,1-2H3. The molecule has 0 aliphatic carbocycles. The molecule has 0 saturated carbocycles. The van der Waals surface area contributed by atoms with E-state index >= 15 is 0 Å². The summed E-state index contributed by atoms with van der Waals surface area (Å²) < 4.78 is 0. The summed E-state index contributed by atoms with van der Waals surface area (Å²) in [6.45, 7) is 5.67. The van der Waals surface area contributed by atoms with E-state index in [0.717, 1.165) is 12.2 Å². The summed E-state index contributed by atoms with van der Waals surface area (Å²) in [6, 6.07) is 7.25. The number of alkyl halides is 1. The van der Waals surface area contributed by atoms with Gasteiger partial charge in [0.15, 0.2) is 0 Å². The van der Waals surface area contributed by atoms with Crippen molar-refractivity contribution in [1.82, 2.24) is 0 Å². The molecule has 1 aromatic rings. The van der Waals surface area contributed by atoms with E-state index in [4.69, 9.17) is 5.26 Å². The lowest BCUT2D eigenvalue weighted by molar-refractivity contribution is -0.385. The number of hydrogen-bond donors (Lipinski definition) is 0. The Balaban J connectivity index is 3.07. The van der Waals surface area contributed by atoms with E-state index < -0.39 is 0 Å². The van der Waals surface area contributed by atoms with E-state index in [-0.39, 0.29) is 10.6 Å². The first-order chi connectivity index (χ1) is 9.49. The number of hydrogen-bond acceptors (Lipinski definition) is 4. The summed E-state index contributed by atoms with van der Waals surface area (Å²) in [7, 11) is 0. The molecule has 0 heterocycles. The van der Waals surface area contributed by atoms with Gasteiger partial charge in [0.25, 0.3) is 5.69 Å². The van der Waals surface area contributed by atoms with Crippen molar-refractivity contribution in [1.29, 1.82) is 5.26 Å². The van der Waals surface area contributed by atoms with E-state index in [1.807, 2.05) is 6.07 Å². The number of rotatable bonds is 7. The molecule has 20 heavy (non-hydrogen) atoms. The lowest BCUT2D eigenvalue weighted by atomic mass is 10.1. The minimum absolute atomic E-state index is 0.121. The Morgan fingerprint density at radius 3 is 2.70 bits per heavy atom. The molecule has 0 aromatic heterocycles. The minimum Gasteiger partial charge on any atom is -0.370 e. The molecule has 0 bridgehead atoms. The molecule has 0 spiro atoms. The van der Waals surface area contributed by atoms with Crippen molar-refractivity contribution in [2.24, 2.45) is 5.92 Å². The van der Waals surface area contributed by atoms with Gasteiger partial charge in [0, 0.05) is 35.7 Å². The van der Waals surface area contributed by atoms with Gasteiger partial charge in [-0.3, -0.25) is 10.1 Å². The van der Waals surface area contributed by atoms with Crippen molar-refractivity contribution in [3.05, 3.63) is 33.9 Å². The molecule has 0 amide bonds. The summed E-state index contributed by atoms with van der Waals surface area (Å²) in [4.78, 5) is 12.7. The van der Waals surface area contributed by atoms with E-state index in [2.05, 4.69) is 40.7 Å². The van der Waals surface area contributed by atoms with Crippen LogP contribution in [0.5, 0.6) is 0 Å². The van der Waals surface area contributed by atoms with E-state index in [9.17, 15) is 10.1 Å². The fraction of sp³-hybridized carbons (Fsp3) is 0.500. The maximum Gasteiger partial charge on any atom is 0.273 e. The molecule has 1 aromatic carbocycles. The number of nitrogens with zero attached hydrogens (tertiary/aromatic N) is 3. The highest BCUT2D eigenvalue weighted by Gasteiger charge is 2.16. The van der Waals surface area contributed by atoms with Gasteiger partial charge in [-0.2, -0.15) is 5.26 Å². The Hall–Kier alpha value is -1.61. The van der Waals surface area contributed by atoms with Crippen molar-refractivity contribution in [3.63, 3.8) is 0 Å². The van der Waals surface area contributed by atoms with Gasteiger partial charge in [-0.1, -0.05) is 29.8 Å². The fourth-order valence-electron chi connectivity index (χ4n) is 2.01. The van der Waals surface area contributed by atoms with Crippen LogP contribution in [-0.2, 0) is 5.33 Å². The third kappa shape index (κ3) is 4.49. The zero-order valence-corrected chi connectivity index (χ0v) is 13.3. The van der Waals surface area contributed by atoms with E-state index in [1.54, 1.807) is 6.07 Å². The molecular weight excluding hydrogens is 322 g/mol. The average molecular weight is 340 g/mol. The van der Waals surface area contributed by atoms with Gasteiger partial charge < -0.3 is 4.90 Å². The third-order valence-corrected chi connectivity index (χ3v) is 3.45. The SMILES string of the molecule is CC(C)CN(CCC#N)c1ccc([N+](=O)[O-])c(CBr)c1. The zero-order valence-electron chi connectivity index (χ0n) is 11.7. The van der Waals surface area contributed by atoms with Crippen molar-refractivity contribution in [3.8, 4) is 6.07 Å². The Morgan fingerprint density at radius 2 is 2.20 bits per heavy atom. The van der Waals surface area contributed by atoms with Crippen LogP contribution in [0.1, 0.15) is 25.8 Å². The summed E-state index contributed by atoms with van der Waals surface area (Å²) in [5.74, 6) is 0.455. The predicted octanol–water partition coefficient (Wildman–Crippen LogP) is 3.87. The molecule has 108 valence electrons. The Kier molecular flexibility index (Phi) is 6.46. The summed E-state index contributed by atoms with van der Waals surface area (Å²) >= 11 is 3.29. The molecule has 0 N–H and O–H groups in total. The van der Waals surface area contributed by atoms with Gasteiger partial charge in [0.05, 0.1) is 17.4 Å². The molecular formula is C14H18BrN3O2. The normalized spacial score (nSPS) is 10.3. The van der Waals surface area contributed by atoms with Crippen LogP contribution in [0, 0.1) is 27.4 Å². The quantitative estimate of drug-likeness (QED) is 0.429. The lowest BCUT2D eigenvalue weighted by Crippen LogP contribution is -2.28. The lowest BCUT2D eigenvalue weighted by Gasteiger charge is -2.26. The number of anilines is 1. The van der Waals surface area contributed by atoms with Crippen molar-refractivity contribution in [2.45, 2.75) is 25.6 Å². The first kappa shape index (κ1) is 16.4. The highest BCUT2D eigenvalue weighted by molar-refractivity contribution is 9.08. The maximum absolute atomic E-state index is 10.9. The van der Waals surface area contributed by atoms with Crippen LogP contribution >= 0.6 is 15.9 Å². The number of nitro groups is 1. The molecule has 0 radical (unpaired) electrons. The van der Waals surface area contributed by atoms with Crippen LogP contribution in [0.15, 0.2) is 18.2 Å². The van der Waals surface area contributed by atoms with Crippen molar-refractivity contribution >= 4 is 27.3 Å². The Bertz CT molecular complexity index is 512. The summed E-state index contributed by atoms with van der Waals surface area (Å²) in [5, 5.41) is 20.1. The molecule has 0 atom stereocenters. The molecule has 6 heteroatoms. The number of nitro benzene ring substituents is 1. The Morgan fingerprint density at radius 1 is 1.50 bits per heavy atom. The first-order valence-corrected chi connectivity index (χ1v) is 7.57. The molecule has 5 nitrogen and oxygen atoms in total. The summed E-state index contributed by atoms with van der Waals surface area (Å²) in [5.41, 5.74) is 1.70. The monoisotopic (exact) mass is 339 g/mol. The van der Waals surface area contributed by atoms with Crippen LogP contribution in [0.25, 0.3) is 0 Å².